The number of fused-ring (bicyclic) bond motifs is 2. The maximum absolute atomic E-state index is 11.4. The lowest BCUT2D eigenvalue weighted by atomic mass is 9.84. The minimum absolute atomic E-state index is 0.459. The SMILES string of the molecule is CC#CCN1C2CCCC1CC(=O)C2. The predicted octanol–water partition coefficient (Wildman–Crippen LogP) is 1.60. The fourth-order valence-electron chi connectivity index (χ4n) is 2.70. The van der Waals surface area contributed by atoms with Crippen LogP contribution in [0.25, 0.3) is 0 Å². The number of piperidine rings is 2. The molecule has 2 heteroatoms. The summed E-state index contributed by atoms with van der Waals surface area (Å²) in [5, 5.41) is 0. The minimum atomic E-state index is 0.459. The second-order valence-electron chi connectivity index (χ2n) is 4.28. The largest absolute Gasteiger partial charge is 0.300 e. The molecule has 2 fully saturated rings. The highest BCUT2D eigenvalue weighted by Gasteiger charge is 2.36. The molecule has 0 aliphatic carbocycles. The lowest BCUT2D eigenvalue weighted by molar-refractivity contribution is -0.126. The van der Waals surface area contributed by atoms with Crippen LogP contribution in [0.3, 0.4) is 0 Å². The van der Waals surface area contributed by atoms with E-state index in [0.717, 1.165) is 19.4 Å². The smallest absolute Gasteiger partial charge is 0.136 e. The average Bonchev–Trinajstić information content (AvgIpc) is 2.14. The number of hydrogen-bond acceptors (Lipinski definition) is 2. The Bertz CT molecular complexity index is 270. The van der Waals surface area contributed by atoms with Gasteiger partial charge in [-0.05, 0) is 19.8 Å². The van der Waals surface area contributed by atoms with Crippen molar-refractivity contribution in [3.8, 4) is 11.8 Å². The number of carbonyl (C=O) groups is 1. The Labute approximate surface area is 85.7 Å². The molecular formula is C12H17NO. The van der Waals surface area contributed by atoms with Crippen LogP contribution >= 0.6 is 0 Å². The molecule has 2 aliphatic heterocycles. The van der Waals surface area contributed by atoms with E-state index >= 15 is 0 Å². The van der Waals surface area contributed by atoms with Crippen molar-refractivity contribution in [3.05, 3.63) is 0 Å². The van der Waals surface area contributed by atoms with Gasteiger partial charge in [-0.3, -0.25) is 9.69 Å². The van der Waals surface area contributed by atoms with E-state index in [1.807, 2.05) is 6.92 Å². The minimum Gasteiger partial charge on any atom is -0.300 e. The number of carbonyl (C=O) groups excluding carboxylic acids is 1. The quantitative estimate of drug-likeness (QED) is 0.587. The highest BCUT2D eigenvalue weighted by Crippen LogP contribution is 2.31. The van der Waals surface area contributed by atoms with Crippen LogP contribution < -0.4 is 0 Å². The standard InChI is InChI=1S/C12H17NO/c1-2-3-7-13-10-5-4-6-11(13)9-12(14)8-10/h10-11H,4-9H2,1H3. The van der Waals surface area contributed by atoms with Crippen molar-refractivity contribution in [1.29, 1.82) is 0 Å². The molecule has 2 unspecified atom stereocenters. The van der Waals surface area contributed by atoms with Crippen LogP contribution in [0.15, 0.2) is 0 Å². The van der Waals surface area contributed by atoms with Crippen LogP contribution in [0.2, 0.25) is 0 Å². The van der Waals surface area contributed by atoms with Gasteiger partial charge < -0.3 is 0 Å². The van der Waals surface area contributed by atoms with Crippen molar-refractivity contribution in [2.75, 3.05) is 6.54 Å². The summed E-state index contributed by atoms with van der Waals surface area (Å²) >= 11 is 0. The third-order valence-corrected chi connectivity index (χ3v) is 3.38. The van der Waals surface area contributed by atoms with Crippen molar-refractivity contribution in [3.63, 3.8) is 0 Å². The first-order valence-corrected chi connectivity index (χ1v) is 5.48. The fourth-order valence-corrected chi connectivity index (χ4v) is 2.70. The van der Waals surface area contributed by atoms with Gasteiger partial charge >= 0.3 is 0 Å². The zero-order valence-electron chi connectivity index (χ0n) is 8.75. The van der Waals surface area contributed by atoms with Gasteiger partial charge in [0.05, 0.1) is 6.54 Å². The molecule has 2 rings (SSSR count). The zero-order valence-corrected chi connectivity index (χ0v) is 8.75. The molecule has 0 aromatic rings. The van der Waals surface area contributed by atoms with Gasteiger partial charge in [0.2, 0.25) is 0 Å². The van der Waals surface area contributed by atoms with Gasteiger partial charge in [0.15, 0.2) is 0 Å². The molecule has 0 aromatic heterocycles. The molecule has 2 heterocycles. The fraction of sp³-hybridized carbons (Fsp3) is 0.750. The third-order valence-electron chi connectivity index (χ3n) is 3.38. The van der Waals surface area contributed by atoms with E-state index in [4.69, 9.17) is 0 Å². The second kappa shape index (κ2) is 4.14. The summed E-state index contributed by atoms with van der Waals surface area (Å²) in [5.74, 6) is 6.52. The van der Waals surface area contributed by atoms with E-state index in [0.29, 0.717) is 17.9 Å². The molecular weight excluding hydrogens is 174 g/mol. The lowest BCUT2D eigenvalue weighted by Crippen LogP contribution is -2.52. The Kier molecular flexibility index (Phi) is 2.88. The van der Waals surface area contributed by atoms with Crippen LogP contribution in [0.1, 0.15) is 39.0 Å². The van der Waals surface area contributed by atoms with Crippen molar-refractivity contribution in [2.45, 2.75) is 51.1 Å². The van der Waals surface area contributed by atoms with Crippen molar-refractivity contribution < 1.29 is 4.79 Å². The normalized spacial score (nSPS) is 32.2. The van der Waals surface area contributed by atoms with E-state index < -0.39 is 0 Å². The number of ketones is 1. The van der Waals surface area contributed by atoms with Gasteiger partial charge in [0.1, 0.15) is 5.78 Å². The van der Waals surface area contributed by atoms with Gasteiger partial charge in [-0.2, -0.15) is 0 Å². The first kappa shape index (κ1) is 9.73. The van der Waals surface area contributed by atoms with Gasteiger partial charge in [0, 0.05) is 24.9 Å². The monoisotopic (exact) mass is 191 g/mol. The zero-order chi connectivity index (χ0) is 9.97. The second-order valence-corrected chi connectivity index (χ2v) is 4.28. The van der Waals surface area contributed by atoms with Crippen LogP contribution in [0.4, 0.5) is 0 Å². The maximum Gasteiger partial charge on any atom is 0.136 e. The Balaban J connectivity index is 2.07. The molecule has 2 bridgehead atoms. The number of hydrogen-bond donors (Lipinski definition) is 0. The first-order valence-electron chi connectivity index (χ1n) is 5.48. The summed E-state index contributed by atoms with van der Waals surface area (Å²) in [7, 11) is 0. The van der Waals surface area contributed by atoms with Gasteiger partial charge in [0.25, 0.3) is 0 Å². The molecule has 2 aliphatic rings. The molecule has 0 aromatic carbocycles. The molecule has 0 spiro atoms. The Hall–Kier alpha value is -0.810. The molecule has 0 radical (unpaired) electrons. The van der Waals surface area contributed by atoms with Gasteiger partial charge in [-0.25, -0.2) is 0 Å². The number of Topliss-reactive ketones (excluding diaryl/α,β-unsaturated/α-hetero) is 1. The topological polar surface area (TPSA) is 20.3 Å². The van der Waals surface area contributed by atoms with Crippen molar-refractivity contribution in [2.24, 2.45) is 0 Å². The van der Waals surface area contributed by atoms with E-state index in [1.54, 1.807) is 0 Å². The van der Waals surface area contributed by atoms with E-state index in [1.165, 1.54) is 19.3 Å². The van der Waals surface area contributed by atoms with Gasteiger partial charge in [-0.1, -0.05) is 12.3 Å². The summed E-state index contributed by atoms with van der Waals surface area (Å²) in [6.07, 6.45) is 5.20. The average molecular weight is 191 g/mol. The maximum atomic E-state index is 11.4. The van der Waals surface area contributed by atoms with Crippen LogP contribution in [0.5, 0.6) is 0 Å². The van der Waals surface area contributed by atoms with Crippen molar-refractivity contribution >= 4 is 5.78 Å². The van der Waals surface area contributed by atoms with E-state index in [9.17, 15) is 4.79 Å². The summed E-state index contributed by atoms with van der Waals surface area (Å²) in [4.78, 5) is 13.9. The summed E-state index contributed by atoms with van der Waals surface area (Å²) in [5.41, 5.74) is 0. The van der Waals surface area contributed by atoms with Crippen LogP contribution in [-0.4, -0.2) is 29.3 Å². The van der Waals surface area contributed by atoms with Crippen molar-refractivity contribution in [1.82, 2.24) is 4.90 Å². The molecule has 2 saturated heterocycles. The number of rotatable bonds is 1. The summed E-state index contributed by atoms with van der Waals surface area (Å²) < 4.78 is 0. The molecule has 2 atom stereocenters. The summed E-state index contributed by atoms with van der Waals surface area (Å²) in [6.45, 7) is 2.74. The number of nitrogens with zero attached hydrogens (tertiary/aromatic N) is 1. The van der Waals surface area contributed by atoms with Crippen LogP contribution in [-0.2, 0) is 4.79 Å². The molecule has 76 valence electrons. The third kappa shape index (κ3) is 1.83. The lowest BCUT2D eigenvalue weighted by Gasteiger charge is -2.44. The van der Waals surface area contributed by atoms with E-state index in [2.05, 4.69) is 16.7 Å². The Morgan fingerprint density at radius 1 is 1.36 bits per heavy atom. The predicted molar refractivity (Wildman–Crippen MR) is 55.8 cm³/mol. The Morgan fingerprint density at radius 3 is 2.57 bits per heavy atom. The molecule has 0 N–H and O–H groups in total. The van der Waals surface area contributed by atoms with Gasteiger partial charge in [-0.15, -0.1) is 5.92 Å². The first-order chi connectivity index (χ1) is 6.81. The Morgan fingerprint density at radius 2 is 2.00 bits per heavy atom. The molecule has 14 heavy (non-hydrogen) atoms. The molecule has 0 amide bonds. The summed E-state index contributed by atoms with van der Waals surface area (Å²) in [6, 6.07) is 0.992. The molecule has 2 nitrogen and oxygen atoms in total. The van der Waals surface area contributed by atoms with E-state index in [-0.39, 0.29) is 0 Å². The highest BCUT2D eigenvalue weighted by molar-refractivity contribution is 5.80. The molecule has 0 saturated carbocycles. The van der Waals surface area contributed by atoms with Crippen LogP contribution in [0, 0.1) is 11.8 Å². The highest BCUT2D eigenvalue weighted by atomic mass is 16.1.